The summed E-state index contributed by atoms with van der Waals surface area (Å²) in [5.74, 6) is 0.714. The summed E-state index contributed by atoms with van der Waals surface area (Å²) in [6, 6.07) is 1.58. The number of aromatic nitrogens is 1. The molecule has 0 radical (unpaired) electrons. The second-order valence-electron chi connectivity index (χ2n) is 7.80. The number of nitrogens with zero attached hydrogens (tertiary/aromatic N) is 5. The molecule has 0 spiro atoms. The fourth-order valence-electron chi connectivity index (χ4n) is 3.82. The van der Waals surface area contributed by atoms with Gasteiger partial charge >= 0.3 is 0 Å². The molecule has 10 nitrogen and oxygen atoms in total. The first-order valence-electron chi connectivity index (χ1n) is 10.8. The monoisotopic (exact) mass is 442 g/mol. The lowest BCUT2D eigenvalue weighted by atomic mass is 10.1. The number of piperazine rings is 1. The second-order valence-corrected chi connectivity index (χ2v) is 9.76. The predicted molar refractivity (Wildman–Crippen MR) is 115 cm³/mol. The fourth-order valence-corrected chi connectivity index (χ4v) is 5.24. The van der Waals surface area contributed by atoms with Crippen molar-refractivity contribution in [2.24, 2.45) is 4.99 Å². The highest BCUT2D eigenvalue weighted by atomic mass is 32.2. The van der Waals surface area contributed by atoms with Crippen LogP contribution in [-0.2, 0) is 15.8 Å². The average Bonchev–Trinajstić information content (AvgIpc) is 3.24. The van der Waals surface area contributed by atoms with E-state index in [1.54, 1.807) is 6.07 Å². The van der Waals surface area contributed by atoms with Gasteiger partial charge in [-0.2, -0.15) is 4.31 Å². The Balaban J connectivity index is 1.45. The van der Waals surface area contributed by atoms with Crippen LogP contribution in [0.1, 0.15) is 31.9 Å². The van der Waals surface area contributed by atoms with Gasteiger partial charge in [-0.3, -0.25) is 4.99 Å². The molecule has 1 aromatic heterocycles. The number of nitrogens with one attached hydrogen (secondary N) is 1. The molecule has 170 valence electrons. The van der Waals surface area contributed by atoms with Crippen molar-refractivity contribution in [1.29, 1.82) is 0 Å². The van der Waals surface area contributed by atoms with Gasteiger partial charge in [0.05, 0.1) is 11.8 Å². The zero-order valence-corrected chi connectivity index (χ0v) is 18.6. The van der Waals surface area contributed by atoms with E-state index in [1.165, 1.54) is 10.6 Å². The van der Waals surface area contributed by atoms with Gasteiger partial charge in [-0.15, -0.1) is 0 Å². The summed E-state index contributed by atoms with van der Waals surface area (Å²) in [5, 5.41) is 16.6. The van der Waals surface area contributed by atoms with Crippen molar-refractivity contribution in [3.05, 3.63) is 18.0 Å². The number of aliphatic imine (C=N–C) groups is 1. The van der Waals surface area contributed by atoms with E-state index in [0.29, 0.717) is 31.9 Å². The van der Waals surface area contributed by atoms with Gasteiger partial charge in [0.15, 0.2) is 5.96 Å². The number of hydrogen-bond acceptors (Lipinski definition) is 7. The molecule has 2 aliphatic rings. The van der Waals surface area contributed by atoms with Crippen LogP contribution in [0.5, 0.6) is 0 Å². The van der Waals surface area contributed by atoms with E-state index in [0.717, 1.165) is 57.9 Å². The van der Waals surface area contributed by atoms with E-state index in [-0.39, 0.29) is 11.9 Å². The number of guanidine groups is 1. The van der Waals surface area contributed by atoms with Crippen LogP contribution in [0.4, 0.5) is 0 Å². The third kappa shape index (κ3) is 6.66. The Kier molecular flexibility index (Phi) is 8.49. The first-order chi connectivity index (χ1) is 14.5. The highest BCUT2D eigenvalue weighted by Crippen LogP contribution is 2.13. The third-order valence-corrected chi connectivity index (χ3v) is 7.35. The minimum Gasteiger partial charge on any atom is -0.393 e. The van der Waals surface area contributed by atoms with Gasteiger partial charge in [0, 0.05) is 58.4 Å². The van der Waals surface area contributed by atoms with Gasteiger partial charge in [0.25, 0.3) is 0 Å². The second kappa shape index (κ2) is 11.1. The van der Waals surface area contributed by atoms with E-state index in [1.807, 2.05) is 6.92 Å². The van der Waals surface area contributed by atoms with E-state index in [2.05, 4.69) is 20.3 Å². The van der Waals surface area contributed by atoms with Crippen LogP contribution in [0, 0.1) is 0 Å². The highest BCUT2D eigenvalue weighted by molar-refractivity contribution is 7.88. The summed E-state index contributed by atoms with van der Waals surface area (Å²) >= 11 is 0. The molecule has 0 saturated carbocycles. The number of piperidine rings is 1. The zero-order chi connectivity index (χ0) is 21.4. The number of rotatable bonds is 8. The Morgan fingerprint density at radius 1 is 1.27 bits per heavy atom. The first kappa shape index (κ1) is 23.0. The largest absolute Gasteiger partial charge is 0.393 e. The van der Waals surface area contributed by atoms with Crippen molar-refractivity contribution in [3.63, 3.8) is 0 Å². The normalized spacial score (nSPS) is 20.6. The minimum absolute atomic E-state index is 0.134. The molecule has 1 aromatic rings. The predicted octanol–water partition coefficient (Wildman–Crippen LogP) is -0.0657. The molecule has 0 amide bonds. The summed E-state index contributed by atoms with van der Waals surface area (Å²) in [5.41, 5.74) is 0.426. The summed E-state index contributed by atoms with van der Waals surface area (Å²) in [6.07, 6.45) is 3.93. The number of aliphatic hydroxyl groups excluding tert-OH is 1. The molecular formula is C19H34N6O4S. The molecule has 2 fully saturated rings. The van der Waals surface area contributed by atoms with E-state index in [9.17, 15) is 13.5 Å². The van der Waals surface area contributed by atoms with Gasteiger partial charge in [0.1, 0.15) is 12.0 Å². The maximum absolute atomic E-state index is 12.6. The lowest BCUT2D eigenvalue weighted by Crippen LogP contribution is -2.54. The molecule has 30 heavy (non-hydrogen) atoms. The third-order valence-electron chi connectivity index (χ3n) is 5.54. The molecule has 0 bridgehead atoms. The number of likely N-dealkylation sites (tertiary alicyclic amines) is 1. The van der Waals surface area contributed by atoms with Crippen molar-refractivity contribution in [2.75, 3.05) is 58.9 Å². The van der Waals surface area contributed by atoms with Crippen molar-refractivity contribution in [2.45, 2.75) is 38.0 Å². The number of sulfonamides is 1. The van der Waals surface area contributed by atoms with Crippen molar-refractivity contribution in [3.8, 4) is 0 Å². The Labute approximate surface area is 179 Å². The Morgan fingerprint density at radius 2 is 2.00 bits per heavy atom. The van der Waals surface area contributed by atoms with Crippen molar-refractivity contribution >= 4 is 16.0 Å². The Morgan fingerprint density at radius 3 is 2.63 bits per heavy atom. The fraction of sp³-hybridized carbons (Fsp3) is 0.789. The lowest BCUT2D eigenvalue weighted by molar-refractivity contribution is 0.0824. The summed E-state index contributed by atoms with van der Waals surface area (Å²) < 4.78 is 31.4. The maximum atomic E-state index is 12.6. The van der Waals surface area contributed by atoms with Crippen LogP contribution in [0.2, 0.25) is 0 Å². The van der Waals surface area contributed by atoms with Gasteiger partial charge in [-0.05, 0) is 32.7 Å². The standard InChI is InChI=1S/C19H34N6O4S/c1-2-20-19(21-7-3-8-23-9-4-18(26)5-10-23)24-11-13-25(14-12-24)30(27,28)16-17-6-15-29-22-17/h6,15,18,26H,2-5,7-14,16H2,1H3,(H,20,21). The summed E-state index contributed by atoms with van der Waals surface area (Å²) in [6.45, 7) is 8.51. The molecule has 3 rings (SSSR count). The Bertz CT molecular complexity index is 754. The van der Waals surface area contributed by atoms with Gasteiger partial charge in [0.2, 0.25) is 10.0 Å². The highest BCUT2D eigenvalue weighted by Gasteiger charge is 2.29. The quantitative estimate of drug-likeness (QED) is 0.327. The summed E-state index contributed by atoms with van der Waals surface area (Å²) in [4.78, 5) is 9.26. The summed E-state index contributed by atoms with van der Waals surface area (Å²) in [7, 11) is -3.40. The topological polar surface area (TPSA) is 115 Å². The minimum atomic E-state index is -3.40. The molecule has 3 heterocycles. The maximum Gasteiger partial charge on any atom is 0.220 e. The van der Waals surface area contributed by atoms with Crippen LogP contribution in [0.15, 0.2) is 21.8 Å². The van der Waals surface area contributed by atoms with Crippen LogP contribution in [0.3, 0.4) is 0 Å². The molecule has 0 aromatic carbocycles. The lowest BCUT2D eigenvalue weighted by Gasteiger charge is -2.35. The van der Waals surface area contributed by atoms with E-state index >= 15 is 0 Å². The number of aliphatic hydroxyl groups is 1. The molecule has 0 atom stereocenters. The number of hydrogen-bond donors (Lipinski definition) is 2. The average molecular weight is 443 g/mol. The van der Waals surface area contributed by atoms with E-state index < -0.39 is 10.0 Å². The van der Waals surface area contributed by atoms with Crippen LogP contribution in [0.25, 0.3) is 0 Å². The molecule has 0 unspecified atom stereocenters. The molecule has 0 aliphatic carbocycles. The van der Waals surface area contributed by atoms with Crippen LogP contribution < -0.4 is 5.32 Å². The van der Waals surface area contributed by atoms with Crippen molar-refractivity contribution < 1.29 is 18.0 Å². The van der Waals surface area contributed by atoms with Crippen LogP contribution >= 0.6 is 0 Å². The van der Waals surface area contributed by atoms with Crippen molar-refractivity contribution in [1.82, 2.24) is 24.6 Å². The molecular weight excluding hydrogens is 408 g/mol. The zero-order valence-electron chi connectivity index (χ0n) is 17.7. The van der Waals surface area contributed by atoms with E-state index in [4.69, 9.17) is 9.52 Å². The Hall–Kier alpha value is -1.69. The molecule has 2 saturated heterocycles. The van der Waals surface area contributed by atoms with Gasteiger partial charge in [-0.1, -0.05) is 5.16 Å². The van der Waals surface area contributed by atoms with Gasteiger partial charge < -0.3 is 24.7 Å². The van der Waals surface area contributed by atoms with Crippen LogP contribution in [-0.4, -0.2) is 104 Å². The first-order valence-corrected chi connectivity index (χ1v) is 12.4. The van der Waals surface area contributed by atoms with Gasteiger partial charge in [-0.25, -0.2) is 8.42 Å². The molecule has 2 N–H and O–H groups in total. The molecule has 2 aliphatic heterocycles. The smallest absolute Gasteiger partial charge is 0.220 e. The molecule has 11 heteroatoms. The SMILES string of the molecule is CCNC(=NCCCN1CCC(O)CC1)N1CCN(S(=O)(=O)Cc2ccon2)CC1.